The molecule has 2 heterocycles. The predicted molar refractivity (Wildman–Crippen MR) is 77.6 cm³/mol. The van der Waals surface area contributed by atoms with Crippen molar-refractivity contribution < 1.29 is 0 Å². The number of hydrogen-bond acceptors (Lipinski definition) is 3. The van der Waals surface area contributed by atoms with Crippen LogP contribution in [0.2, 0.25) is 0 Å². The third-order valence-electron chi connectivity index (χ3n) is 2.82. The Morgan fingerprint density at radius 2 is 2.11 bits per heavy atom. The summed E-state index contributed by atoms with van der Waals surface area (Å²) in [5.41, 5.74) is 3.35. The number of halogens is 1. The van der Waals surface area contributed by atoms with Gasteiger partial charge in [-0.2, -0.15) is 0 Å². The highest BCUT2D eigenvalue weighted by atomic mass is 79.9. The Morgan fingerprint density at radius 3 is 2.83 bits per heavy atom. The molecule has 0 saturated heterocycles. The molecule has 0 fully saturated rings. The van der Waals surface area contributed by atoms with Crippen molar-refractivity contribution in [1.82, 2.24) is 9.97 Å². The van der Waals surface area contributed by atoms with Crippen LogP contribution in [0.1, 0.15) is 23.9 Å². The van der Waals surface area contributed by atoms with E-state index < -0.39 is 0 Å². The van der Waals surface area contributed by atoms with Gasteiger partial charge < -0.3 is 5.32 Å². The van der Waals surface area contributed by atoms with E-state index in [-0.39, 0.29) is 0 Å². The highest BCUT2D eigenvalue weighted by molar-refractivity contribution is 9.10. The van der Waals surface area contributed by atoms with E-state index in [0.717, 1.165) is 28.1 Å². The second kappa shape index (κ2) is 5.96. The topological polar surface area (TPSA) is 37.8 Å². The van der Waals surface area contributed by atoms with Crippen LogP contribution in [0, 0.1) is 6.92 Å². The molecule has 94 valence electrons. The van der Waals surface area contributed by atoms with Crippen molar-refractivity contribution in [2.24, 2.45) is 0 Å². The molecular weight excluding hydrogens is 290 g/mol. The summed E-state index contributed by atoms with van der Waals surface area (Å²) in [6.07, 6.45) is 2.83. The number of hydrogen-bond donors (Lipinski definition) is 1. The number of nitrogens with one attached hydrogen (secondary N) is 1. The van der Waals surface area contributed by atoms with Gasteiger partial charge in [0.1, 0.15) is 5.82 Å². The molecule has 0 aliphatic carbocycles. The van der Waals surface area contributed by atoms with Gasteiger partial charge in [-0.3, -0.25) is 4.98 Å². The van der Waals surface area contributed by atoms with E-state index in [9.17, 15) is 0 Å². The van der Waals surface area contributed by atoms with Crippen LogP contribution >= 0.6 is 15.9 Å². The van der Waals surface area contributed by atoms with Crippen molar-refractivity contribution >= 4 is 21.7 Å². The fraction of sp³-hybridized carbons (Fsp3) is 0.286. The summed E-state index contributed by atoms with van der Waals surface area (Å²) in [6.45, 7) is 4.83. The van der Waals surface area contributed by atoms with Gasteiger partial charge in [0.2, 0.25) is 0 Å². The summed E-state index contributed by atoms with van der Waals surface area (Å²) in [7, 11) is 0. The number of aromatic nitrogens is 2. The first-order valence-electron chi connectivity index (χ1n) is 6.00. The van der Waals surface area contributed by atoms with Gasteiger partial charge in [0.15, 0.2) is 0 Å². The SMILES string of the molecule is CCc1cccnc1CNc1ccc(Br)c(C)n1. The Labute approximate surface area is 116 Å². The highest BCUT2D eigenvalue weighted by Crippen LogP contribution is 2.17. The van der Waals surface area contributed by atoms with Crippen molar-refractivity contribution in [1.29, 1.82) is 0 Å². The van der Waals surface area contributed by atoms with Crippen LogP contribution in [0.25, 0.3) is 0 Å². The molecule has 0 aromatic carbocycles. The maximum absolute atomic E-state index is 4.46. The van der Waals surface area contributed by atoms with Gasteiger partial charge in [-0.25, -0.2) is 4.98 Å². The number of rotatable bonds is 4. The molecule has 4 heteroatoms. The zero-order valence-corrected chi connectivity index (χ0v) is 12.2. The van der Waals surface area contributed by atoms with Crippen LogP contribution in [0.3, 0.4) is 0 Å². The molecule has 2 aromatic heterocycles. The standard InChI is InChI=1S/C14H16BrN3/c1-3-11-5-4-8-16-13(11)9-17-14-7-6-12(15)10(2)18-14/h4-8H,3,9H2,1-2H3,(H,17,18). The van der Waals surface area contributed by atoms with Crippen molar-refractivity contribution in [3.8, 4) is 0 Å². The molecule has 0 amide bonds. The third-order valence-corrected chi connectivity index (χ3v) is 3.66. The molecule has 2 aromatic rings. The summed E-state index contributed by atoms with van der Waals surface area (Å²) in [5.74, 6) is 0.878. The zero-order chi connectivity index (χ0) is 13.0. The van der Waals surface area contributed by atoms with E-state index in [0.29, 0.717) is 6.54 Å². The van der Waals surface area contributed by atoms with Crippen molar-refractivity contribution in [3.05, 3.63) is 51.9 Å². The summed E-state index contributed by atoms with van der Waals surface area (Å²) in [4.78, 5) is 8.86. The van der Waals surface area contributed by atoms with Crippen LogP contribution in [-0.4, -0.2) is 9.97 Å². The quantitative estimate of drug-likeness (QED) is 0.935. The minimum Gasteiger partial charge on any atom is -0.364 e. The van der Waals surface area contributed by atoms with E-state index in [2.05, 4.69) is 44.2 Å². The Kier molecular flexibility index (Phi) is 4.31. The molecule has 2 rings (SSSR count). The maximum atomic E-state index is 4.46. The average Bonchev–Trinajstić information content (AvgIpc) is 2.40. The first kappa shape index (κ1) is 13.0. The number of pyridine rings is 2. The molecule has 3 nitrogen and oxygen atoms in total. The van der Waals surface area contributed by atoms with E-state index in [1.54, 1.807) is 0 Å². The molecule has 0 atom stereocenters. The molecular formula is C14H16BrN3. The van der Waals surface area contributed by atoms with Crippen LogP contribution in [0.4, 0.5) is 5.82 Å². The minimum atomic E-state index is 0.706. The van der Waals surface area contributed by atoms with Crippen LogP contribution < -0.4 is 5.32 Å². The molecule has 0 saturated carbocycles. The average molecular weight is 306 g/mol. The maximum Gasteiger partial charge on any atom is 0.126 e. The monoisotopic (exact) mass is 305 g/mol. The Hall–Kier alpha value is -1.42. The molecule has 1 N–H and O–H groups in total. The minimum absolute atomic E-state index is 0.706. The van der Waals surface area contributed by atoms with Crippen molar-refractivity contribution in [2.75, 3.05) is 5.32 Å². The zero-order valence-electron chi connectivity index (χ0n) is 10.6. The normalized spacial score (nSPS) is 10.4. The largest absolute Gasteiger partial charge is 0.364 e. The van der Waals surface area contributed by atoms with Gasteiger partial charge in [-0.15, -0.1) is 0 Å². The van der Waals surface area contributed by atoms with Gasteiger partial charge in [0, 0.05) is 10.7 Å². The molecule has 0 aliphatic heterocycles. The number of aryl methyl sites for hydroxylation is 2. The van der Waals surface area contributed by atoms with Crippen LogP contribution in [0.15, 0.2) is 34.9 Å². The molecule has 0 spiro atoms. The Balaban J connectivity index is 2.09. The van der Waals surface area contributed by atoms with Gasteiger partial charge >= 0.3 is 0 Å². The fourth-order valence-electron chi connectivity index (χ4n) is 1.77. The van der Waals surface area contributed by atoms with E-state index in [1.165, 1.54) is 5.56 Å². The highest BCUT2D eigenvalue weighted by Gasteiger charge is 2.03. The van der Waals surface area contributed by atoms with E-state index >= 15 is 0 Å². The molecule has 0 radical (unpaired) electrons. The third kappa shape index (κ3) is 3.07. The lowest BCUT2D eigenvalue weighted by Gasteiger charge is -2.09. The summed E-state index contributed by atoms with van der Waals surface area (Å²) >= 11 is 3.45. The Morgan fingerprint density at radius 1 is 1.28 bits per heavy atom. The molecule has 0 unspecified atom stereocenters. The van der Waals surface area contributed by atoms with Crippen molar-refractivity contribution in [3.63, 3.8) is 0 Å². The van der Waals surface area contributed by atoms with Crippen LogP contribution in [-0.2, 0) is 13.0 Å². The second-order valence-electron chi connectivity index (χ2n) is 4.08. The first-order chi connectivity index (χ1) is 8.70. The molecule has 0 aliphatic rings. The van der Waals surface area contributed by atoms with Gasteiger partial charge in [-0.1, -0.05) is 13.0 Å². The van der Waals surface area contributed by atoms with Crippen LogP contribution in [0.5, 0.6) is 0 Å². The molecule has 0 bridgehead atoms. The molecule has 18 heavy (non-hydrogen) atoms. The Bertz CT molecular complexity index is 540. The van der Waals surface area contributed by atoms with Crippen molar-refractivity contribution in [2.45, 2.75) is 26.8 Å². The van der Waals surface area contributed by atoms with E-state index in [4.69, 9.17) is 0 Å². The lowest BCUT2D eigenvalue weighted by atomic mass is 10.1. The fourth-order valence-corrected chi connectivity index (χ4v) is 1.99. The lowest BCUT2D eigenvalue weighted by molar-refractivity contribution is 0.961. The van der Waals surface area contributed by atoms with Gasteiger partial charge in [0.25, 0.3) is 0 Å². The number of nitrogens with zero attached hydrogens (tertiary/aromatic N) is 2. The summed E-state index contributed by atoms with van der Waals surface area (Å²) in [6, 6.07) is 8.06. The van der Waals surface area contributed by atoms with Gasteiger partial charge in [-0.05, 0) is 53.0 Å². The summed E-state index contributed by atoms with van der Waals surface area (Å²) < 4.78 is 1.03. The number of anilines is 1. The van der Waals surface area contributed by atoms with Gasteiger partial charge in [0.05, 0.1) is 17.9 Å². The summed E-state index contributed by atoms with van der Waals surface area (Å²) in [5, 5.41) is 3.31. The predicted octanol–water partition coefficient (Wildman–Crippen LogP) is 3.72. The first-order valence-corrected chi connectivity index (χ1v) is 6.79. The second-order valence-corrected chi connectivity index (χ2v) is 4.93. The lowest BCUT2D eigenvalue weighted by Crippen LogP contribution is -2.06. The smallest absolute Gasteiger partial charge is 0.126 e. The van der Waals surface area contributed by atoms with E-state index in [1.807, 2.05) is 31.3 Å².